The van der Waals surface area contributed by atoms with Gasteiger partial charge in [-0.05, 0) is 40.1 Å². The summed E-state index contributed by atoms with van der Waals surface area (Å²) in [6.45, 7) is 0. The van der Waals surface area contributed by atoms with Crippen LogP contribution in [-0.2, 0) is 4.74 Å². The zero-order valence-electron chi connectivity index (χ0n) is 11.8. The fourth-order valence-electron chi connectivity index (χ4n) is 2.53. The van der Waals surface area contributed by atoms with Crippen molar-refractivity contribution in [1.29, 1.82) is 0 Å². The van der Waals surface area contributed by atoms with E-state index in [1.54, 1.807) is 12.1 Å². The highest BCUT2D eigenvalue weighted by atomic mass is 79.9. The molecule has 0 aliphatic carbocycles. The number of carbonyl (C=O) groups excluding carboxylic acids is 1. The molecule has 0 atom stereocenters. The molecule has 0 fully saturated rings. The molecule has 3 aromatic carbocycles. The van der Waals surface area contributed by atoms with Gasteiger partial charge in [0.1, 0.15) is 0 Å². The van der Waals surface area contributed by atoms with Crippen LogP contribution in [0.1, 0.15) is 10.4 Å². The van der Waals surface area contributed by atoms with E-state index < -0.39 is 5.97 Å². The van der Waals surface area contributed by atoms with Crippen molar-refractivity contribution in [1.82, 2.24) is 0 Å². The lowest BCUT2D eigenvalue weighted by atomic mass is 9.94. The molecule has 0 bridgehead atoms. The summed E-state index contributed by atoms with van der Waals surface area (Å²) < 4.78 is 5.90. The molecule has 0 aliphatic rings. The molecule has 0 heterocycles. The third kappa shape index (κ3) is 2.62. The van der Waals surface area contributed by atoms with Crippen molar-refractivity contribution in [2.75, 3.05) is 7.11 Å². The molecule has 3 aromatic rings. The first-order valence-corrected chi connectivity index (χ1v) is 7.84. The molecule has 2 nitrogen and oxygen atoms in total. The highest BCUT2D eigenvalue weighted by Crippen LogP contribution is 2.35. The van der Waals surface area contributed by atoms with Gasteiger partial charge in [0.05, 0.1) is 12.7 Å². The number of ether oxygens (including phenoxy) is 1. The minimum atomic E-state index is -0.399. The molecule has 0 saturated carbocycles. The molecule has 110 valence electrons. The minimum Gasteiger partial charge on any atom is -0.465 e. The number of benzene rings is 3. The molecule has 0 N–H and O–H groups in total. The molecule has 4 heteroatoms. The predicted octanol–water partition coefficient (Wildman–Crippen LogP) is 5.71. The first-order chi connectivity index (χ1) is 10.6. The van der Waals surface area contributed by atoms with Crippen LogP contribution in [-0.4, -0.2) is 13.1 Å². The Labute approximate surface area is 141 Å². The molecule has 3 rings (SSSR count). The average Bonchev–Trinajstić information content (AvgIpc) is 2.55. The van der Waals surface area contributed by atoms with Crippen molar-refractivity contribution in [3.63, 3.8) is 0 Å². The molecular formula is C18H12BrClO2. The highest BCUT2D eigenvalue weighted by Gasteiger charge is 2.16. The van der Waals surface area contributed by atoms with Gasteiger partial charge < -0.3 is 4.74 Å². The monoisotopic (exact) mass is 374 g/mol. The topological polar surface area (TPSA) is 26.3 Å². The van der Waals surface area contributed by atoms with E-state index in [1.165, 1.54) is 7.11 Å². The van der Waals surface area contributed by atoms with Gasteiger partial charge in [-0.15, -0.1) is 0 Å². The molecule has 22 heavy (non-hydrogen) atoms. The average molecular weight is 376 g/mol. The van der Waals surface area contributed by atoms with Gasteiger partial charge >= 0.3 is 5.97 Å². The Kier molecular flexibility index (Phi) is 4.19. The normalized spacial score (nSPS) is 10.7. The van der Waals surface area contributed by atoms with Crippen LogP contribution in [0.25, 0.3) is 21.9 Å². The Morgan fingerprint density at radius 2 is 1.68 bits per heavy atom. The summed E-state index contributed by atoms with van der Waals surface area (Å²) in [4.78, 5) is 12.1. The van der Waals surface area contributed by atoms with E-state index in [2.05, 4.69) is 15.9 Å². The molecule has 0 saturated heterocycles. The smallest absolute Gasteiger partial charge is 0.338 e. The lowest BCUT2D eigenvalue weighted by molar-refractivity contribution is 0.0601. The van der Waals surface area contributed by atoms with Gasteiger partial charge in [-0.2, -0.15) is 0 Å². The van der Waals surface area contributed by atoms with Crippen LogP contribution in [0.2, 0.25) is 5.02 Å². The summed E-state index contributed by atoms with van der Waals surface area (Å²) in [5.74, 6) is -0.399. The largest absolute Gasteiger partial charge is 0.465 e. The maximum Gasteiger partial charge on any atom is 0.338 e. The Balaban J connectivity index is 2.33. The Bertz CT molecular complexity index is 874. The Hall–Kier alpha value is -1.84. The molecular weight excluding hydrogens is 364 g/mol. The fourth-order valence-corrected chi connectivity index (χ4v) is 3.18. The van der Waals surface area contributed by atoms with E-state index >= 15 is 0 Å². The van der Waals surface area contributed by atoms with E-state index in [4.69, 9.17) is 16.3 Å². The van der Waals surface area contributed by atoms with Crippen LogP contribution in [0.4, 0.5) is 0 Å². The highest BCUT2D eigenvalue weighted by molar-refractivity contribution is 9.10. The first kappa shape index (κ1) is 15.1. The van der Waals surface area contributed by atoms with Crippen molar-refractivity contribution in [3.05, 3.63) is 69.7 Å². The zero-order valence-corrected chi connectivity index (χ0v) is 14.1. The van der Waals surface area contributed by atoms with Crippen molar-refractivity contribution >= 4 is 44.3 Å². The van der Waals surface area contributed by atoms with Gasteiger partial charge in [-0.3, -0.25) is 0 Å². The quantitative estimate of drug-likeness (QED) is 0.536. The fraction of sp³-hybridized carbons (Fsp3) is 0.0556. The summed E-state index contributed by atoms with van der Waals surface area (Å²) in [5.41, 5.74) is 2.23. The van der Waals surface area contributed by atoms with E-state index in [9.17, 15) is 4.79 Å². The van der Waals surface area contributed by atoms with Gasteiger partial charge in [0.15, 0.2) is 0 Å². The minimum absolute atomic E-state index is 0.399. The molecule has 0 aromatic heterocycles. The summed E-state index contributed by atoms with van der Waals surface area (Å²) in [7, 11) is 1.37. The summed E-state index contributed by atoms with van der Waals surface area (Å²) in [5, 5.41) is 2.65. The van der Waals surface area contributed by atoms with Gasteiger partial charge in [-0.25, -0.2) is 4.79 Å². The van der Waals surface area contributed by atoms with Gasteiger partial charge in [0.2, 0.25) is 0 Å². The summed E-state index contributed by atoms with van der Waals surface area (Å²) in [6.07, 6.45) is 0. The number of halogens is 2. The van der Waals surface area contributed by atoms with Crippen LogP contribution in [0, 0.1) is 0 Å². The number of esters is 1. The second-order valence-electron chi connectivity index (χ2n) is 4.82. The Morgan fingerprint density at radius 3 is 2.41 bits per heavy atom. The van der Waals surface area contributed by atoms with E-state index in [1.807, 2.05) is 42.5 Å². The third-order valence-corrected chi connectivity index (χ3v) is 4.47. The number of rotatable bonds is 2. The molecule has 0 spiro atoms. The van der Waals surface area contributed by atoms with Gasteiger partial charge in [0, 0.05) is 9.50 Å². The maximum atomic E-state index is 12.1. The van der Waals surface area contributed by atoms with Crippen LogP contribution in [0.5, 0.6) is 0 Å². The molecule has 0 amide bonds. The third-order valence-electron chi connectivity index (χ3n) is 3.55. The zero-order chi connectivity index (χ0) is 15.7. The van der Waals surface area contributed by atoms with Crippen molar-refractivity contribution in [3.8, 4) is 11.1 Å². The molecule has 0 radical (unpaired) electrons. The molecule has 0 unspecified atom stereocenters. The lowest BCUT2D eigenvalue weighted by Gasteiger charge is -2.12. The second kappa shape index (κ2) is 6.11. The number of methoxy groups -OCH3 is 1. The lowest BCUT2D eigenvalue weighted by Crippen LogP contribution is -2.03. The van der Waals surface area contributed by atoms with Crippen LogP contribution in [0.3, 0.4) is 0 Å². The van der Waals surface area contributed by atoms with Crippen molar-refractivity contribution in [2.45, 2.75) is 0 Å². The first-order valence-electron chi connectivity index (χ1n) is 6.67. The van der Waals surface area contributed by atoms with Crippen molar-refractivity contribution < 1.29 is 9.53 Å². The van der Waals surface area contributed by atoms with Crippen LogP contribution in [0.15, 0.2) is 59.1 Å². The van der Waals surface area contributed by atoms with Crippen LogP contribution < -0.4 is 0 Å². The van der Waals surface area contributed by atoms with Gasteiger partial charge in [0.25, 0.3) is 0 Å². The number of fused-ring (bicyclic) bond motifs is 1. The maximum absolute atomic E-state index is 12.1. The number of hydrogen-bond acceptors (Lipinski definition) is 2. The summed E-state index contributed by atoms with van der Waals surface area (Å²) in [6, 6.07) is 17.3. The number of carbonyl (C=O) groups is 1. The second-order valence-corrected chi connectivity index (χ2v) is 6.11. The van der Waals surface area contributed by atoms with E-state index in [-0.39, 0.29) is 0 Å². The van der Waals surface area contributed by atoms with Crippen LogP contribution >= 0.6 is 27.5 Å². The predicted molar refractivity (Wildman–Crippen MR) is 93.4 cm³/mol. The number of hydrogen-bond donors (Lipinski definition) is 0. The summed E-state index contributed by atoms with van der Waals surface area (Å²) >= 11 is 9.60. The SMILES string of the molecule is COC(=O)c1cc(Cl)ccc1-c1ccc(Br)c2ccccc12. The van der Waals surface area contributed by atoms with Crippen molar-refractivity contribution in [2.24, 2.45) is 0 Å². The standard InChI is InChI=1S/C18H12BrClO2/c1-22-18(21)16-10-11(20)6-7-14(16)13-8-9-17(19)15-5-3-2-4-12(13)15/h2-10H,1H3. The molecule has 0 aliphatic heterocycles. The Morgan fingerprint density at radius 1 is 1.00 bits per heavy atom. The van der Waals surface area contributed by atoms with Gasteiger partial charge in [-0.1, -0.05) is 63.9 Å². The van der Waals surface area contributed by atoms with E-state index in [0.29, 0.717) is 10.6 Å². The van der Waals surface area contributed by atoms with E-state index in [0.717, 1.165) is 26.4 Å².